The number of hydrogen-bond donors (Lipinski definition) is 3. The third kappa shape index (κ3) is 5.06. The van der Waals surface area contributed by atoms with Gasteiger partial charge in [0.15, 0.2) is 0 Å². The Morgan fingerprint density at radius 1 is 1.15 bits per heavy atom. The number of rotatable bonds is 7. The van der Waals surface area contributed by atoms with Crippen LogP contribution in [0.15, 0.2) is 24.3 Å². The number of hydrogen-bond acceptors (Lipinski definition) is 5. The molecule has 0 bridgehead atoms. The van der Waals surface area contributed by atoms with Crippen LogP contribution in [-0.4, -0.2) is 68.7 Å². The maximum Gasteiger partial charge on any atom is 0.256 e. The molecule has 7 nitrogen and oxygen atoms in total. The van der Waals surface area contributed by atoms with E-state index in [0.29, 0.717) is 30.6 Å². The highest BCUT2D eigenvalue weighted by atomic mass is 16.5. The van der Waals surface area contributed by atoms with Crippen molar-refractivity contribution in [3.05, 3.63) is 29.8 Å². The van der Waals surface area contributed by atoms with Crippen LogP contribution in [0.4, 0.5) is 5.69 Å². The van der Waals surface area contributed by atoms with Crippen LogP contribution in [0.3, 0.4) is 0 Å². The van der Waals surface area contributed by atoms with Gasteiger partial charge >= 0.3 is 0 Å². The van der Waals surface area contributed by atoms with Gasteiger partial charge in [0.05, 0.1) is 0 Å². The third-order valence-corrected chi connectivity index (χ3v) is 5.53. The van der Waals surface area contributed by atoms with Gasteiger partial charge in [-0.2, -0.15) is 0 Å². The number of likely N-dealkylation sites (tertiary alicyclic amines) is 1. The van der Waals surface area contributed by atoms with Crippen molar-refractivity contribution >= 4 is 17.5 Å². The van der Waals surface area contributed by atoms with Gasteiger partial charge in [-0.25, -0.2) is 0 Å². The lowest BCUT2D eigenvalue weighted by molar-refractivity contribution is -0.140. The van der Waals surface area contributed by atoms with Gasteiger partial charge in [0.25, 0.3) is 11.8 Å². The first kappa shape index (κ1) is 19.8. The predicted molar refractivity (Wildman–Crippen MR) is 105 cm³/mol. The predicted octanol–water partition coefficient (Wildman–Crippen LogP) is 1.22. The van der Waals surface area contributed by atoms with Crippen LogP contribution < -0.4 is 16.0 Å². The minimum Gasteiger partial charge on any atom is -0.368 e. The molecule has 0 aliphatic carbocycles. The SMILES string of the molecule is COC1(C(=O)Nc2ccc(C(=O)NCCN3CCCC3)cc2)CCNCC1. The van der Waals surface area contributed by atoms with E-state index in [2.05, 4.69) is 20.9 Å². The quantitative estimate of drug-likeness (QED) is 0.668. The molecule has 27 heavy (non-hydrogen) atoms. The normalized spacial score (nSPS) is 19.6. The second-order valence-corrected chi connectivity index (χ2v) is 7.28. The number of carbonyl (C=O) groups excluding carboxylic acids is 2. The van der Waals surface area contributed by atoms with Crippen molar-refractivity contribution in [2.75, 3.05) is 51.7 Å². The van der Waals surface area contributed by atoms with E-state index in [1.807, 2.05) is 0 Å². The highest BCUT2D eigenvalue weighted by Crippen LogP contribution is 2.24. The second-order valence-electron chi connectivity index (χ2n) is 7.28. The highest BCUT2D eigenvalue weighted by molar-refractivity contribution is 5.98. The number of methoxy groups -OCH3 is 1. The first-order valence-corrected chi connectivity index (χ1v) is 9.81. The summed E-state index contributed by atoms with van der Waals surface area (Å²) < 4.78 is 5.54. The Hall–Kier alpha value is -1.96. The first-order chi connectivity index (χ1) is 13.1. The molecule has 0 radical (unpaired) electrons. The van der Waals surface area contributed by atoms with E-state index in [1.165, 1.54) is 12.8 Å². The maximum absolute atomic E-state index is 12.7. The van der Waals surface area contributed by atoms with Crippen molar-refractivity contribution in [2.45, 2.75) is 31.3 Å². The fourth-order valence-corrected chi connectivity index (χ4v) is 3.74. The third-order valence-electron chi connectivity index (χ3n) is 5.53. The van der Waals surface area contributed by atoms with Crippen molar-refractivity contribution < 1.29 is 14.3 Å². The standard InChI is InChI=1S/C20H30N4O3/c1-27-20(8-10-21-11-9-20)19(26)23-17-6-4-16(5-7-17)18(25)22-12-15-24-13-2-3-14-24/h4-7,21H,2-3,8-15H2,1H3,(H,22,25)(H,23,26). The Morgan fingerprint density at radius 3 is 2.44 bits per heavy atom. The number of nitrogens with zero attached hydrogens (tertiary/aromatic N) is 1. The lowest BCUT2D eigenvalue weighted by Gasteiger charge is -2.34. The fourth-order valence-electron chi connectivity index (χ4n) is 3.74. The molecule has 3 rings (SSSR count). The van der Waals surface area contributed by atoms with Crippen LogP contribution in [0.2, 0.25) is 0 Å². The number of benzene rings is 1. The number of amides is 2. The van der Waals surface area contributed by atoms with Gasteiger partial charge in [-0.3, -0.25) is 9.59 Å². The molecule has 1 aromatic rings. The van der Waals surface area contributed by atoms with Crippen molar-refractivity contribution in [3.63, 3.8) is 0 Å². The number of piperidine rings is 1. The van der Waals surface area contributed by atoms with Crippen molar-refractivity contribution in [3.8, 4) is 0 Å². The molecule has 3 N–H and O–H groups in total. The number of carbonyl (C=O) groups is 2. The van der Waals surface area contributed by atoms with E-state index in [1.54, 1.807) is 31.4 Å². The van der Waals surface area contributed by atoms with Crippen LogP contribution in [0.1, 0.15) is 36.0 Å². The van der Waals surface area contributed by atoms with E-state index in [9.17, 15) is 9.59 Å². The zero-order valence-electron chi connectivity index (χ0n) is 16.1. The van der Waals surface area contributed by atoms with Crippen molar-refractivity contribution in [2.24, 2.45) is 0 Å². The molecule has 0 aromatic heterocycles. The van der Waals surface area contributed by atoms with E-state index >= 15 is 0 Å². The monoisotopic (exact) mass is 374 g/mol. The summed E-state index contributed by atoms with van der Waals surface area (Å²) in [5.74, 6) is -0.215. The van der Waals surface area contributed by atoms with Crippen LogP contribution in [0.25, 0.3) is 0 Å². The van der Waals surface area contributed by atoms with Crippen molar-refractivity contribution in [1.82, 2.24) is 15.5 Å². The zero-order chi connectivity index (χ0) is 19.1. The smallest absolute Gasteiger partial charge is 0.256 e. The van der Waals surface area contributed by atoms with E-state index < -0.39 is 5.60 Å². The molecule has 148 valence electrons. The summed E-state index contributed by atoms with van der Waals surface area (Å²) in [7, 11) is 1.58. The van der Waals surface area contributed by atoms with Gasteiger partial charge in [-0.05, 0) is 76.1 Å². The molecule has 2 saturated heterocycles. The Morgan fingerprint density at radius 2 is 1.81 bits per heavy atom. The molecule has 2 fully saturated rings. The molecule has 2 heterocycles. The van der Waals surface area contributed by atoms with Gasteiger partial charge in [-0.1, -0.05) is 0 Å². The maximum atomic E-state index is 12.7. The first-order valence-electron chi connectivity index (χ1n) is 9.81. The van der Waals surface area contributed by atoms with E-state index in [4.69, 9.17) is 4.74 Å². The molecule has 2 aliphatic rings. The molecular weight excluding hydrogens is 344 g/mol. The van der Waals surface area contributed by atoms with Gasteiger partial charge in [-0.15, -0.1) is 0 Å². The number of anilines is 1. The Balaban J connectivity index is 1.50. The molecule has 0 unspecified atom stereocenters. The van der Waals surface area contributed by atoms with Crippen LogP contribution in [-0.2, 0) is 9.53 Å². The summed E-state index contributed by atoms with van der Waals surface area (Å²) >= 11 is 0. The molecule has 7 heteroatoms. The van der Waals surface area contributed by atoms with Crippen LogP contribution in [0, 0.1) is 0 Å². The Kier molecular flexibility index (Phi) is 6.82. The molecular formula is C20H30N4O3. The summed E-state index contributed by atoms with van der Waals surface area (Å²) in [6.07, 6.45) is 3.80. The Labute approximate surface area is 160 Å². The zero-order valence-corrected chi connectivity index (χ0v) is 16.1. The number of ether oxygens (including phenoxy) is 1. The highest BCUT2D eigenvalue weighted by Gasteiger charge is 2.39. The lowest BCUT2D eigenvalue weighted by Crippen LogP contribution is -2.51. The summed E-state index contributed by atoms with van der Waals surface area (Å²) in [6, 6.07) is 7.00. The summed E-state index contributed by atoms with van der Waals surface area (Å²) in [6.45, 7) is 5.33. The molecule has 2 amide bonds. The minimum absolute atomic E-state index is 0.0845. The van der Waals surface area contributed by atoms with Gasteiger partial charge in [0.2, 0.25) is 0 Å². The van der Waals surface area contributed by atoms with Gasteiger partial charge in [0, 0.05) is 31.5 Å². The van der Waals surface area contributed by atoms with Crippen molar-refractivity contribution in [1.29, 1.82) is 0 Å². The largest absolute Gasteiger partial charge is 0.368 e. The van der Waals surface area contributed by atoms with Gasteiger partial charge < -0.3 is 25.6 Å². The molecule has 0 atom stereocenters. The second kappa shape index (κ2) is 9.30. The topological polar surface area (TPSA) is 82.7 Å². The summed E-state index contributed by atoms with van der Waals surface area (Å²) in [4.78, 5) is 27.3. The average Bonchev–Trinajstić information content (AvgIpc) is 3.22. The minimum atomic E-state index is -0.781. The lowest BCUT2D eigenvalue weighted by atomic mass is 9.91. The summed E-state index contributed by atoms with van der Waals surface area (Å²) in [5.41, 5.74) is 0.484. The molecule has 0 spiro atoms. The Bertz CT molecular complexity index is 635. The fraction of sp³-hybridized carbons (Fsp3) is 0.600. The van der Waals surface area contributed by atoms with Crippen LogP contribution >= 0.6 is 0 Å². The molecule has 0 saturated carbocycles. The summed E-state index contributed by atoms with van der Waals surface area (Å²) in [5, 5.41) is 9.12. The molecule has 1 aromatic carbocycles. The average molecular weight is 374 g/mol. The van der Waals surface area contributed by atoms with E-state index in [-0.39, 0.29) is 11.8 Å². The number of nitrogens with one attached hydrogen (secondary N) is 3. The molecule has 2 aliphatic heterocycles. The van der Waals surface area contributed by atoms with Crippen LogP contribution in [0.5, 0.6) is 0 Å². The van der Waals surface area contributed by atoms with Gasteiger partial charge in [0.1, 0.15) is 5.60 Å². The van der Waals surface area contributed by atoms with E-state index in [0.717, 1.165) is 32.7 Å².